The Morgan fingerprint density at radius 2 is 1.71 bits per heavy atom. The maximum atomic E-state index is 14.1. The van der Waals surface area contributed by atoms with Gasteiger partial charge in [0.15, 0.2) is 21.5 Å². The van der Waals surface area contributed by atoms with Crippen LogP contribution in [0.5, 0.6) is 0 Å². The van der Waals surface area contributed by atoms with E-state index in [1.54, 1.807) is 0 Å². The molecule has 2 heterocycles. The van der Waals surface area contributed by atoms with Crippen molar-refractivity contribution in [1.82, 2.24) is 10.3 Å². The summed E-state index contributed by atoms with van der Waals surface area (Å²) in [7, 11) is -3.01. The number of carbonyl (C=O) groups is 1. The van der Waals surface area contributed by atoms with E-state index in [0.29, 0.717) is 50.2 Å². The standard InChI is InChI=1S/C30H30F2N4O4S/c31-24-10-7-20(17-25(24)32)29-34-26(19-5-8-21(9-6-19)36-13-15-41(38,39)16-14-36)27(40-29)22-3-1-2-4-23(22)28(37)35-30(18-33)11-12-30/h5-10,17,22-23H,1-4,11-16H2,(H,35,37)/t22-,23-/m1/s1. The molecule has 3 fully saturated rings. The maximum absolute atomic E-state index is 14.1. The van der Waals surface area contributed by atoms with Gasteiger partial charge in [0.25, 0.3) is 0 Å². The number of carbonyl (C=O) groups excluding carboxylic acids is 1. The van der Waals surface area contributed by atoms with Crippen LogP contribution in [0.15, 0.2) is 46.9 Å². The molecule has 3 aliphatic rings. The van der Waals surface area contributed by atoms with Crippen molar-refractivity contribution < 1.29 is 26.4 Å². The van der Waals surface area contributed by atoms with E-state index in [1.165, 1.54) is 6.07 Å². The van der Waals surface area contributed by atoms with E-state index < -0.39 is 32.9 Å². The minimum atomic E-state index is -3.01. The van der Waals surface area contributed by atoms with Gasteiger partial charge in [0.2, 0.25) is 11.8 Å². The minimum Gasteiger partial charge on any atom is -0.440 e. The molecule has 2 saturated carbocycles. The molecule has 0 radical (unpaired) electrons. The van der Waals surface area contributed by atoms with E-state index in [9.17, 15) is 27.3 Å². The first kappa shape index (κ1) is 27.4. The van der Waals surface area contributed by atoms with Gasteiger partial charge in [0, 0.05) is 41.7 Å². The van der Waals surface area contributed by atoms with Crippen LogP contribution >= 0.6 is 0 Å². The molecule has 3 aromatic rings. The number of amides is 1. The van der Waals surface area contributed by atoms with E-state index >= 15 is 0 Å². The van der Waals surface area contributed by atoms with Gasteiger partial charge in [0.05, 0.1) is 17.6 Å². The van der Waals surface area contributed by atoms with Gasteiger partial charge >= 0.3 is 0 Å². The average molecular weight is 581 g/mol. The quantitative estimate of drug-likeness (QED) is 0.438. The summed E-state index contributed by atoms with van der Waals surface area (Å²) in [6, 6.07) is 13.2. The highest BCUT2D eigenvalue weighted by molar-refractivity contribution is 7.91. The Balaban J connectivity index is 1.36. The normalized spacial score (nSPS) is 23.0. The second kappa shape index (κ2) is 10.6. The number of benzene rings is 2. The van der Waals surface area contributed by atoms with Crippen LogP contribution in [0.3, 0.4) is 0 Å². The summed E-state index contributed by atoms with van der Waals surface area (Å²) < 4.78 is 57.8. The molecule has 1 aromatic heterocycles. The largest absolute Gasteiger partial charge is 0.440 e. The molecule has 41 heavy (non-hydrogen) atoms. The van der Waals surface area contributed by atoms with Gasteiger partial charge in [-0.25, -0.2) is 22.2 Å². The topological polar surface area (TPSA) is 116 Å². The third-order valence-corrected chi connectivity index (χ3v) is 10.0. The Kier molecular flexibility index (Phi) is 7.06. The molecular formula is C30H30F2N4O4S. The van der Waals surface area contributed by atoms with Crippen molar-refractivity contribution in [2.45, 2.75) is 50.0 Å². The second-order valence-electron chi connectivity index (χ2n) is 11.2. The lowest BCUT2D eigenvalue weighted by molar-refractivity contribution is -0.127. The molecule has 0 unspecified atom stereocenters. The van der Waals surface area contributed by atoms with Crippen molar-refractivity contribution in [3.8, 4) is 28.8 Å². The van der Waals surface area contributed by atoms with Crippen molar-refractivity contribution in [2.24, 2.45) is 5.92 Å². The predicted octanol–water partition coefficient (Wildman–Crippen LogP) is 4.97. The van der Waals surface area contributed by atoms with Crippen LogP contribution in [-0.2, 0) is 14.6 Å². The minimum absolute atomic E-state index is 0.109. The Morgan fingerprint density at radius 1 is 1.02 bits per heavy atom. The summed E-state index contributed by atoms with van der Waals surface area (Å²) in [5, 5.41) is 12.5. The Labute approximate surface area is 237 Å². The molecule has 1 N–H and O–H groups in total. The van der Waals surface area contributed by atoms with Crippen LogP contribution in [0, 0.1) is 28.9 Å². The van der Waals surface area contributed by atoms with Crippen molar-refractivity contribution >= 4 is 21.4 Å². The third-order valence-electron chi connectivity index (χ3n) is 8.44. The van der Waals surface area contributed by atoms with Crippen molar-refractivity contribution in [2.75, 3.05) is 29.5 Å². The lowest BCUT2D eigenvalue weighted by atomic mass is 9.76. The van der Waals surface area contributed by atoms with Crippen molar-refractivity contribution in [3.63, 3.8) is 0 Å². The van der Waals surface area contributed by atoms with Gasteiger partial charge < -0.3 is 14.6 Å². The molecule has 1 amide bonds. The fourth-order valence-corrected chi connectivity index (χ4v) is 7.02. The van der Waals surface area contributed by atoms with Gasteiger partial charge in [0.1, 0.15) is 17.0 Å². The number of rotatable bonds is 6. The van der Waals surface area contributed by atoms with Gasteiger partial charge in [-0.05, 0) is 56.0 Å². The number of hydrogen-bond acceptors (Lipinski definition) is 7. The number of hydrogen-bond donors (Lipinski definition) is 1. The molecule has 11 heteroatoms. The monoisotopic (exact) mass is 580 g/mol. The zero-order chi connectivity index (χ0) is 28.8. The summed E-state index contributed by atoms with van der Waals surface area (Å²) in [4.78, 5) is 20.1. The van der Waals surface area contributed by atoms with Crippen LogP contribution < -0.4 is 10.2 Å². The molecule has 1 saturated heterocycles. The lowest BCUT2D eigenvalue weighted by Gasteiger charge is -2.30. The number of nitrogens with zero attached hydrogens (tertiary/aromatic N) is 3. The maximum Gasteiger partial charge on any atom is 0.226 e. The van der Waals surface area contributed by atoms with Gasteiger partial charge in [-0.15, -0.1) is 0 Å². The van der Waals surface area contributed by atoms with Crippen molar-refractivity contribution in [3.05, 3.63) is 59.9 Å². The number of halogens is 2. The third kappa shape index (κ3) is 5.58. The molecule has 1 aliphatic heterocycles. The SMILES string of the molecule is N#CC1(NC(=O)[C@@H]2CCCC[C@H]2c2oc(-c3ccc(F)c(F)c3)nc2-c2ccc(N3CCS(=O)(=O)CC3)cc2)CC1. The number of nitriles is 1. The molecule has 2 aliphatic carbocycles. The highest BCUT2D eigenvalue weighted by atomic mass is 32.2. The average Bonchev–Trinajstić information content (AvgIpc) is 3.61. The number of sulfone groups is 1. The highest BCUT2D eigenvalue weighted by Crippen LogP contribution is 2.45. The fraction of sp³-hybridized carbons (Fsp3) is 0.433. The Morgan fingerprint density at radius 3 is 2.37 bits per heavy atom. The molecule has 0 spiro atoms. The molecule has 2 atom stereocenters. The summed E-state index contributed by atoms with van der Waals surface area (Å²) >= 11 is 0. The van der Waals surface area contributed by atoms with Gasteiger partial charge in [-0.3, -0.25) is 4.79 Å². The lowest BCUT2D eigenvalue weighted by Crippen LogP contribution is -2.42. The van der Waals surface area contributed by atoms with Crippen LogP contribution in [0.25, 0.3) is 22.7 Å². The van der Waals surface area contributed by atoms with Crippen LogP contribution in [0.1, 0.15) is 50.2 Å². The summed E-state index contributed by atoms with van der Waals surface area (Å²) in [5.74, 6) is -2.06. The molecule has 8 nitrogen and oxygen atoms in total. The van der Waals surface area contributed by atoms with E-state index in [1.807, 2.05) is 29.2 Å². The van der Waals surface area contributed by atoms with E-state index in [0.717, 1.165) is 36.2 Å². The first-order valence-electron chi connectivity index (χ1n) is 13.9. The number of anilines is 1. The molecular weight excluding hydrogens is 550 g/mol. The molecule has 2 aromatic carbocycles. The van der Waals surface area contributed by atoms with Crippen molar-refractivity contribution in [1.29, 1.82) is 5.26 Å². The summed E-state index contributed by atoms with van der Waals surface area (Å²) in [5.41, 5.74) is 1.62. The van der Waals surface area contributed by atoms with Crippen LogP contribution in [-0.4, -0.2) is 49.4 Å². The molecule has 0 bridgehead atoms. The summed E-state index contributed by atoms with van der Waals surface area (Å²) in [6.45, 7) is 0.834. The first-order valence-corrected chi connectivity index (χ1v) is 15.7. The van der Waals surface area contributed by atoms with E-state index in [-0.39, 0.29) is 34.8 Å². The first-order chi connectivity index (χ1) is 19.7. The number of nitrogens with one attached hydrogen (secondary N) is 1. The molecule has 214 valence electrons. The Bertz CT molecular complexity index is 1610. The zero-order valence-corrected chi connectivity index (χ0v) is 23.2. The van der Waals surface area contributed by atoms with Gasteiger partial charge in [-0.2, -0.15) is 5.26 Å². The Hall–Kier alpha value is -3.78. The predicted molar refractivity (Wildman–Crippen MR) is 149 cm³/mol. The second-order valence-corrected chi connectivity index (χ2v) is 13.5. The number of oxazole rings is 1. The van der Waals surface area contributed by atoms with E-state index in [2.05, 4.69) is 11.4 Å². The zero-order valence-electron chi connectivity index (χ0n) is 22.4. The number of aromatic nitrogens is 1. The van der Waals surface area contributed by atoms with E-state index in [4.69, 9.17) is 9.40 Å². The molecule has 6 rings (SSSR count). The van der Waals surface area contributed by atoms with Crippen LogP contribution in [0.4, 0.5) is 14.5 Å². The van der Waals surface area contributed by atoms with Gasteiger partial charge in [-0.1, -0.05) is 25.0 Å². The summed E-state index contributed by atoms with van der Waals surface area (Å²) in [6.07, 6.45) is 4.33. The highest BCUT2D eigenvalue weighted by Gasteiger charge is 2.47. The fourth-order valence-electron chi connectivity index (χ4n) is 5.82. The van der Waals surface area contributed by atoms with Crippen LogP contribution in [0.2, 0.25) is 0 Å². The smallest absolute Gasteiger partial charge is 0.226 e.